The van der Waals surface area contributed by atoms with Crippen molar-refractivity contribution in [2.24, 2.45) is 5.92 Å². The van der Waals surface area contributed by atoms with Gasteiger partial charge in [-0.05, 0) is 57.2 Å². The highest BCUT2D eigenvalue weighted by Crippen LogP contribution is 2.36. The highest BCUT2D eigenvalue weighted by molar-refractivity contribution is 5.68. The molecule has 0 spiro atoms. The molecular formula is C17H24F3N3O2. The Morgan fingerprint density at radius 1 is 1.24 bits per heavy atom. The van der Waals surface area contributed by atoms with Gasteiger partial charge in [-0.3, -0.25) is 0 Å². The largest absolute Gasteiger partial charge is 0.444 e. The van der Waals surface area contributed by atoms with Crippen LogP contribution in [0.2, 0.25) is 0 Å². The van der Waals surface area contributed by atoms with E-state index in [4.69, 9.17) is 16.2 Å². The van der Waals surface area contributed by atoms with Crippen LogP contribution in [0.25, 0.3) is 0 Å². The Hall–Kier alpha value is -2.12. The number of carbonyl (C=O) groups excluding carboxylic acids is 1. The quantitative estimate of drug-likeness (QED) is 0.790. The predicted octanol–water partition coefficient (Wildman–Crippen LogP) is 3.67. The van der Waals surface area contributed by atoms with Crippen LogP contribution in [0.1, 0.15) is 38.3 Å². The molecular weight excluding hydrogens is 335 g/mol. The van der Waals surface area contributed by atoms with Crippen LogP contribution in [-0.2, 0) is 17.3 Å². The van der Waals surface area contributed by atoms with E-state index in [1.54, 1.807) is 25.7 Å². The first-order valence-electron chi connectivity index (χ1n) is 8.10. The standard InChI is InChI=1S/C17H24F3N3O2/c1-16(2,3)25-15(24)23-5-4-10(9-23)6-12-13(21)7-11(8-14(12)22)17(18,19)20/h7-8,10H,4-6,9,21-22H2,1-3H3/t10-/m0/s1. The van der Waals surface area contributed by atoms with Gasteiger partial charge < -0.3 is 21.1 Å². The van der Waals surface area contributed by atoms with Crippen molar-refractivity contribution in [2.45, 2.75) is 45.4 Å². The molecule has 1 fully saturated rings. The molecule has 0 aliphatic carbocycles. The molecule has 0 aromatic heterocycles. The first-order valence-corrected chi connectivity index (χ1v) is 8.10. The molecule has 1 aliphatic rings. The lowest BCUT2D eigenvalue weighted by Crippen LogP contribution is -2.35. The Bertz CT molecular complexity index is 631. The van der Waals surface area contributed by atoms with Crippen LogP contribution in [0, 0.1) is 5.92 Å². The lowest BCUT2D eigenvalue weighted by molar-refractivity contribution is -0.137. The molecule has 5 nitrogen and oxygen atoms in total. The average Bonchev–Trinajstić information content (AvgIpc) is 2.88. The smallest absolute Gasteiger partial charge is 0.416 e. The minimum absolute atomic E-state index is 0.0306. The summed E-state index contributed by atoms with van der Waals surface area (Å²) in [5, 5.41) is 0. The van der Waals surface area contributed by atoms with E-state index in [2.05, 4.69) is 0 Å². The van der Waals surface area contributed by atoms with Gasteiger partial charge in [0.05, 0.1) is 5.56 Å². The zero-order valence-corrected chi connectivity index (χ0v) is 14.6. The highest BCUT2D eigenvalue weighted by atomic mass is 19.4. The number of benzene rings is 1. The molecule has 0 radical (unpaired) electrons. The van der Waals surface area contributed by atoms with Crippen LogP contribution in [0.15, 0.2) is 12.1 Å². The van der Waals surface area contributed by atoms with Crippen LogP contribution in [0.5, 0.6) is 0 Å². The van der Waals surface area contributed by atoms with Crippen LogP contribution in [-0.4, -0.2) is 29.7 Å². The molecule has 25 heavy (non-hydrogen) atoms. The van der Waals surface area contributed by atoms with Gasteiger partial charge in [-0.2, -0.15) is 13.2 Å². The third kappa shape index (κ3) is 4.93. The van der Waals surface area contributed by atoms with Gasteiger partial charge in [-0.25, -0.2) is 4.79 Å². The third-order valence-corrected chi connectivity index (χ3v) is 4.08. The van der Waals surface area contributed by atoms with Crippen LogP contribution >= 0.6 is 0 Å². The number of hydrogen-bond acceptors (Lipinski definition) is 4. The molecule has 1 heterocycles. The molecule has 4 N–H and O–H groups in total. The Kier molecular flexibility index (Phi) is 5.11. The molecule has 0 unspecified atom stereocenters. The summed E-state index contributed by atoms with van der Waals surface area (Å²) in [5.74, 6) is 0.0776. The van der Waals surface area contributed by atoms with Gasteiger partial charge >= 0.3 is 12.3 Å². The molecule has 1 aromatic carbocycles. The van der Waals surface area contributed by atoms with E-state index >= 15 is 0 Å². The summed E-state index contributed by atoms with van der Waals surface area (Å²) in [6.07, 6.45) is -3.72. The summed E-state index contributed by atoms with van der Waals surface area (Å²) in [4.78, 5) is 13.7. The molecule has 2 rings (SSSR count). The average molecular weight is 359 g/mol. The van der Waals surface area contributed by atoms with Gasteiger partial charge in [0.1, 0.15) is 5.60 Å². The number of nitrogens with zero attached hydrogens (tertiary/aromatic N) is 1. The van der Waals surface area contributed by atoms with Crippen molar-refractivity contribution in [1.29, 1.82) is 0 Å². The van der Waals surface area contributed by atoms with Gasteiger partial charge in [0.15, 0.2) is 0 Å². The van der Waals surface area contributed by atoms with E-state index in [9.17, 15) is 18.0 Å². The Balaban J connectivity index is 2.06. The monoisotopic (exact) mass is 359 g/mol. The lowest BCUT2D eigenvalue weighted by Gasteiger charge is -2.24. The van der Waals surface area contributed by atoms with E-state index in [-0.39, 0.29) is 23.4 Å². The molecule has 1 atom stereocenters. The Morgan fingerprint density at radius 3 is 2.28 bits per heavy atom. The SMILES string of the molecule is CC(C)(C)OC(=O)N1CC[C@@H](Cc2c(N)cc(C(F)(F)F)cc2N)C1. The van der Waals surface area contributed by atoms with Gasteiger partial charge in [-0.15, -0.1) is 0 Å². The number of rotatable bonds is 2. The summed E-state index contributed by atoms with van der Waals surface area (Å²) in [6, 6.07) is 1.82. The summed E-state index contributed by atoms with van der Waals surface area (Å²) in [6.45, 7) is 6.39. The number of nitrogen functional groups attached to an aromatic ring is 2. The number of halogens is 3. The summed E-state index contributed by atoms with van der Waals surface area (Å²) < 4.78 is 43.7. The number of alkyl halides is 3. The number of likely N-dealkylation sites (tertiary alicyclic amines) is 1. The number of amides is 1. The summed E-state index contributed by atoms with van der Waals surface area (Å²) >= 11 is 0. The maximum Gasteiger partial charge on any atom is 0.416 e. The zero-order chi connectivity index (χ0) is 19.0. The van der Waals surface area contributed by atoms with Crippen LogP contribution in [0.3, 0.4) is 0 Å². The van der Waals surface area contributed by atoms with Crippen LogP contribution in [0.4, 0.5) is 29.3 Å². The minimum Gasteiger partial charge on any atom is -0.444 e. The van der Waals surface area contributed by atoms with E-state index in [0.717, 1.165) is 18.6 Å². The maximum atomic E-state index is 12.8. The Morgan fingerprint density at radius 2 is 1.80 bits per heavy atom. The van der Waals surface area contributed by atoms with E-state index in [1.807, 2.05) is 0 Å². The minimum atomic E-state index is -4.48. The molecule has 1 aromatic rings. The normalized spacial score (nSPS) is 18.5. The van der Waals surface area contributed by atoms with Gasteiger partial charge in [0.25, 0.3) is 0 Å². The fourth-order valence-corrected chi connectivity index (χ4v) is 2.90. The van der Waals surface area contributed by atoms with Crippen molar-refractivity contribution in [3.63, 3.8) is 0 Å². The van der Waals surface area contributed by atoms with Crippen LogP contribution < -0.4 is 11.5 Å². The number of carbonyl (C=O) groups is 1. The third-order valence-electron chi connectivity index (χ3n) is 4.08. The second-order valence-corrected chi connectivity index (χ2v) is 7.42. The summed E-state index contributed by atoms with van der Waals surface area (Å²) in [5.41, 5.74) is 10.7. The van der Waals surface area contributed by atoms with Crippen molar-refractivity contribution >= 4 is 17.5 Å². The number of anilines is 2. The first kappa shape index (κ1) is 19.2. The maximum absolute atomic E-state index is 12.8. The van der Waals surface area contributed by atoms with E-state index < -0.39 is 17.3 Å². The molecule has 0 saturated carbocycles. The fraction of sp³-hybridized carbons (Fsp3) is 0.588. The fourth-order valence-electron chi connectivity index (χ4n) is 2.90. The number of nitrogens with two attached hydrogens (primary N) is 2. The van der Waals surface area contributed by atoms with Gasteiger partial charge in [-0.1, -0.05) is 0 Å². The Labute approximate surface area is 145 Å². The van der Waals surface area contributed by atoms with Crippen molar-refractivity contribution in [1.82, 2.24) is 4.90 Å². The number of hydrogen-bond donors (Lipinski definition) is 2. The molecule has 1 amide bonds. The highest BCUT2D eigenvalue weighted by Gasteiger charge is 2.33. The predicted molar refractivity (Wildman–Crippen MR) is 89.9 cm³/mol. The first-order chi connectivity index (χ1) is 11.4. The molecule has 1 saturated heterocycles. The second-order valence-electron chi connectivity index (χ2n) is 7.42. The van der Waals surface area contributed by atoms with E-state index in [0.29, 0.717) is 25.1 Å². The van der Waals surface area contributed by atoms with Crippen molar-refractivity contribution in [2.75, 3.05) is 24.6 Å². The molecule has 0 bridgehead atoms. The zero-order valence-electron chi connectivity index (χ0n) is 14.6. The van der Waals surface area contributed by atoms with Gasteiger partial charge in [0, 0.05) is 24.5 Å². The van der Waals surface area contributed by atoms with Crippen molar-refractivity contribution < 1.29 is 22.7 Å². The van der Waals surface area contributed by atoms with Gasteiger partial charge in [0.2, 0.25) is 0 Å². The molecule has 1 aliphatic heterocycles. The summed E-state index contributed by atoms with van der Waals surface area (Å²) in [7, 11) is 0. The lowest BCUT2D eigenvalue weighted by atomic mass is 9.95. The molecule has 8 heteroatoms. The number of ether oxygens (including phenoxy) is 1. The topological polar surface area (TPSA) is 81.6 Å². The van der Waals surface area contributed by atoms with Crippen molar-refractivity contribution in [3.8, 4) is 0 Å². The van der Waals surface area contributed by atoms with E-state index in [1.165, 1.54) is 0 Å². The second kappa shape index (κ2) is 6.65. The molecule has 140 valence electrons. The van der Waals surface area contributed by atoms with Crippen molar-refractivity contribution in [3.05, 3.63) is 23.3 Å².